The van der Waals surface area contributed by atoms with Gasteiger partial charge < -0.3 is 15.0 Å². The molecule has 0 atom stereocenters. The minimum atomic E-state index is -0.0573. The van der Waals surface area contributed by atoms with Crippen LogP contribution in [0.1, 0.15) is 22.2 Å². The fourth-order valence-electron chi connectivity index (χ4n) is 2.83. The summed E-state index contributed by atoms with van der Waals surface area (Å²) in [7, 11) is 1.63. The summed E-state index contributed by atoms with van der Waals surface area (Å²) >= 11 is 1.42. The molecule has 2 heterocycles. The molecular formula is C18H18N2O3S. The van der Waals surface area contributed by atoms with Crippen LogP contribution in [0.15, 0.2) is 29.6 Å². The molecule has 2 aromatic heterocycles. The van der Waals surface area contributed by atoms with Crippen molar-refractivity contribution in [1.29, 1.82) is 0 Å². The molecule has 0 saturated carbocycles. The van der Waals surface area contributed by atoms with E-state index >= 15 is 0 Å². The molecule has 3 rings (SSSR count). The highest BCUT2D eigenvalue weighted by Gasteiger charge is 2.17. The molecule has 0 aliphatic rings. The lowest BCUT2D eigenvalue weighted by Crippen LogP contribution is -2.22. The van der Waals surface area contributed by atoms with Gasteiger partial charge in [-0.1, -0.05) is 0 Å². The zero-order valence-electron chi connectivity index (χ0n) is 13.5. The maximum Gasteiger partial charge on any atom is 0.216 e. The van der Waals surface area contributed by atoms with Gasteiger partial charge in [-0.3, -0.25) is 9.59 Å². The van der Waals surface area contributed by atoms with Gasteiger partial charge in [0.2, 0.25) is 5.91 Å². The number of thiophene rings is 1. The number of aldehydes is 1. The highest BCUT2D eigenvalue weighted by Crippen LogP contribution is 2.35. The van der Waals surface area contributed by atoms with Crippen LogP contribution in [-0.4, -0.2) is 30.8 Å². The van der Waals surface area contributed by atoms with Crippen molar-refractivity contribution >= 4 is 34.4 Å². The molecule has 0 fully saturated rings. The number of aromatic amines is 1. The Morgan fingerprint density at radius 3 is 2.92 bits per heavy atom. The van der Waals surface area contributed by atoms with Crippen LogP contribution < -0.4 is 10.1 Å². The number of amides is 1. The van der Waals surface area contributed by atoms with Crippen LogP contribution in [0.25, 0.3) is 22.2 Å². The monoisotopic (exact) mass is 342 g/mol. The van der Waals surface area contributed by atoms with Gasteiger partial charge in [0.25, 0.3) is 0 Å². The van der Waals surface area contributed by atoms with E-state index in [9.17, 15) is 9.59 Å². The highest BCUT2D eigenvalue weighted by molar-refractivity contribution is 7.12. The average Bonchev–Trinajstić information content (AvgIpc) is 3.18. The van der Waals surface area contributed by atoms with E-state index in [4.69, 9.17) is 4.74 Å². The molecule has 3 aromatic rings. The van der Waals surface area contributed by atoms with Gasteiger partial charge in [-0.05, 0) is 41.6 Å². The third-order valence-electron chi connectivity index (χ3n) is 3.93. The van der Waals surface area contributed by atoms with E-state index in [1.165, 1.54) is 18.3 Å². The Bertz CT molecular complexity index is 895. The lowest BCUT2D eigenvalue weighted by Gasteiger charge is -2.06. The largest absolute Gasteiger partial charge is 0.497 e. The molecule has 1 aromatic carbocycles. The molecule has 0 bridgehead atoms. The van der Waals surface area contributed by atoms with Gasteiger partial charge in [0, 0.05) is 29.9 Å². The Morgan fingerprint density at radius 2 is 2.21 bits per heavy atom. The Morgan fingerprint density at radius 1 is 1.38 bits per heavy atom. The third-order valence-corrected chi connectivity index (χ3v) is 4.78. The lowest BCUT2D eigenvalue weighted by molar-refractivity contribution is -0.118. The molecule has 5 nitrogen and oxygen atoms in total. The van der Waals surface area contributed by atoms with Crippen LogP contribution in [0.2, 0.25) is 0 Å². The predicted molar refractivity (Wildman–Crippen MR) is 95.9 cm³/mol. The molecule has 0 aliphatic heterocycles. The fourth-order valence-corrected chi connectivity index (χ4v) is 3.53. The number of aromatic nitrogens is 1. The molecule has 124 valence electrons. The van der Waals surface area contributed by atoms with Gasteiger partial charge in [-0.15, -0.1) is 11.3 Å². The van der Waals surface area contributed by atoms with Crippen LogP contribution in [0, 0.1) is 0 Å². The SMILES string of the molecule is COc1ccc2[nH]c(-c3ccsc3C=O)c(CCNC(C)=O)c2c1. The number of carbonyl (C=O) groups excluding carboxylic acids is 2. The van der Waals surface area contributed by atoms with E-state index in [1.807, 2.05) is 29.6 Å². The van der Waals surface area contributed by atoms with E-state index in [0.717, 1.165) is 39.8 Å². The number of nitrogens with one attached hydrogen (secondary N) is 2. The summed E-state index contributed by atoms with van der Waals surface area (Å²) in [6, 6.07) is 7.78. The number of hydrogen-bond acceptors (Lipinski definition) is 4. The van der Waals surface area contributed by atoms with Crippen molar-refractivity contribution in [3.63, 3.8) is 0 Å². The number of carbonyl (C=O) groups is 2. The van der Waals surface area contributed by atoms with Crippen molar-refractivity contribution in [2.24, 2.45) is 0 Å². The second-order valence-electron chi connectivity index (χ2n) is 5.44. The number of hydrogen-bond donors (Lipinski definition) is 2. The predicted octanol–water partition coefficient (Wildman–Crippen LogP) is 3.40. The second-order valence-corrected chi connectivity index (χ2v) is 6.39. The van der Waals surface area contributed by atoms with E-state index < -0.39 is 0 Å². The molecule has 0 aliphatic carbocycles. The Hall–Kier alpha value is -2.60. The van der Waals surface area contributed by atoms with E-state index in [-0.39, 0.29) is 5.91 Å². The standard InChI is InChI=1S/C18H18N2O3S/c1-11(22)19-7-5-13-15-9-12(23-2)3-4-16(15)20-18(13)14-6-8-24-17(14)10-21/h3-4,6,8-10,20H,5,7H2,1-2H3,(H,19,22). The highest BCUT2D eigenvalue weighted by atomic mass is 32.1. The maximum absolute atomic E-state index is 11.3. The molecule has 0 unspecified atom stereocenters. The summed E-state index contributed by atoms with van der Waals surface area (Å²) in [5.74, 6) is 0.716. The summed E-state index contributed by atoms with van der Waals surface area (Å²) in [5.41, 5.74) is 3.86. The average molecular weight is 342 g/mol. The summed E-state index contributed by atoms with van der Waals surface area (Å²) in [6.45, 7) is 2.04. The second kappa shape index (κ2) is 6.88. The minimum absolute atomic E-state index is 0.0573. The first-order valence-corrected chi connectivity index (χ1v) is 8.48. The number of rotatable bonds is 6. The van der Waals surface area contributed by atoms with Gasteiger partial charge in [0.15, 0.2) is 6.29 Å². The van der Waals surface area contributed by atoms with Crippen LogP contribution in [-0.2, 0) is 11.2 Å². The maximum atomic E-state index is 11.3. The lowest BCUT2D eigenvalue weighted by atomic mass is 10.0. The number of methoxy groups -OCH3 is 1. The first kappa shape index (κ1) is 16.3. The van der Waals surface area contributed by atoms with Gasteiger partial charge in [-0.25, -0.2) is 0 Å². The molecule has 6 heteroatoms. The Balaban J connectivity index is 2.12. The summed E-state index contributed by atoms with van der Waals surface area (Å²) in [5, 5.41) is 5.77. The number of benzene rings is 1. The van der Waals surface area contributed by atoms with Crippen molar-refractivity contribution in [2.75, 3.05) is 13.7 Å². The van der Waals surface area contributed by atoms with E-state index in [0.29, 0.717) is 17.8 Å². The molecule has 24 heavy (non-hydrogen) atoms. The van der Waals surface area contributed by atoms with Crippen LogP contribution >= 0.6 is 11.3 Å². The Kier molecular flexibility index (Phi) is 4.66. The van der Waals surface area contributed by atoms with Gasteiger partial charge in [0.1, 0.15) is 5.75 Å². The smallest absolute Gasteiger partial charge is 0.216 e. The number of fused-ring (bicyclic) bond motifs is 1. The van der Waals surface area contributed by atoms with E-state index in [2.05, 4.69) is 10.3 Å². The summed E-state index contributed by atoms with van der Waals surface area (Å²) in [4.78, 5) is 26.6. The van der Waals surface area contributed by atoms with Gasteiger partial charge in [-0.2, -0.15) is 0 Å². The quantitative estimate of drug-likeness (QED) is 0.675. The molecule has 1 amide bonds. The third kappa shape index (κ3) is 3.05. The van der Waals surface area contributed by atoms with Crippen molar-refractivity contribution in [3.05, 3.63) is 40.1 Å². The normalized spacial score (nSPS) is 10.8. The number of H-pyrrole nitrogens is 1. The summed E-state index contributed by atoms with van der Waals surface area (Å²) < 4.78 is 5.33. The molecule has 0 spiro atoms. The van der Waals surface area contributed by atoms with Gasteiger partial charge in [0.05, 0.1) is 17.7 Å². The fraction of sp³-hybridized carbons (Fsp3) is 0.222. The van der Waals surface area contributed by atoms with Crippen LogP contribution in [0.4, 0.5) is 0 Å². The minimum Gasteiger partial charge on any atom is -0.497 e. The molecule has 0 saturated heterocycles. The molecular weight excluding hydrogens is 324 g/mol. The van der Waals surface area contributed by atoms with E-state index in [1.54, 1.807) is 7.11 Å². The topological polar surface area (TPSA) is 71.2 Å². The Labute approximate surface area is 143 Å². The molecule has 2 N–H and O–H groups in total. The first-order valence-electron chi connectivity index (χ1n) is 7.60. The van der Waals surface area contributed by atoms with Crippen LogP contribution in [0.3, 0.4) is 0 Å². The van der Waals surface area contributed by atoms with Gasteiger partial charge >= 0.3 is 0 Å². The van der Waals surface area contributed by atoms with Crippen molar-refractivity contribution in [3.8, 4) is 17.0 Å². The molecule has 0 radical (unpaired) electrons. The van der Waals surface area contributed by atoms with Crippen molar-refractivity contribution in [1.82, 2.24) is 10.3 Å². The van der Waals surface area contributed by atoms with Crippen LogP contribution in [0.5, 0.6) is 5.75 Å². The van der Waals surface area contributed by atoms with Crippen molar-refractivity contribution in [2.45, 2.75) is 13.3 Å². The zero-order valence-corrected chi connectivity index (χ0v) is 14.3. The first-order chi connectivity index (χ1) is 11.6. The zero-order chi connectivity index (χ0) is 17.1. The van der Waals surface area contributed by atoms with Crippen molar-refractivity contribution < 1.29 is 14.3 Å². The summed E-state index contributed by atoms with van der Waals surface area (Å²) in [6.07, 6.45) is 1.54. The number of ether oxygens (including phenoxy) is 1.